The van der Waals surface area contributed by atoms with E-state index in [-0.39, 0.29) is 0 Å². The van der Waals surface area contributed by atoms with E-state index in [4.69, 9.17) is 10.7 Å². The monoisotopic (exact) mass is 477 g/mol. The Labute approximate surface area is 204 Å². The quantitative estimate of drug-likeness (QED) is 0.178. The molecule has 33 heavy (non-hydrogen) atoms. The Morgan fingerprint density at radius 3 is 2.58 bits per heavy atom. The van der Waals surface area contributed by atoms with Gasteiger partial charge in [0.25, 0.3) is 0 Å². The SMILES string of the molecule is CCN(CC)CCn1c(Cc2ccc(SC)cc2)nc2cc(N=C(N)c3cccs3)ccc21. The maximum atomic E-state index is 6.22. The molecule has 0 radical (unpaired) electrons. The minimum Gasteiger partial charge on any atom is -0.383 e. The summed E-state index contributed by atoms with van der Waals surface area (Å²) in [6.07, 6.45) is 2.91. The number of thioether (sulfide) groups is 1. The number of nitrogens with two attached hydrogens (primary N) is 1. The fourth-order valence-electron chi connectivity index (χ4n) is 3.95. The van der Waals surface area contributed by atoms with Gasteiger partial charge in [0.05, 0.1) is 21.6 Å². The van der Waals surface area contributed by atoms with Crippen molar-refractivity contribution in [1.29, 1.82) is 0 Å². The zero-order valence-corrected chi connectivity index (χ0v) is 21.1. The van der Waals surface area contributed by atoms with Crippen LogP contribution < -0.4 is 5.73 Å². The molecule has 2 aromatic heterocycles. The first kappa shape index (κ1) is 23.5. The van der Waals surface area contributed by atoms with E-state index in [1.807, 2.05) is 29.6 Å². The van der Waals surface area contributed by atoms with Crippen molar-refractivity contribution in [2.45, 2.75) is 31.7 Å². The summed E-state index contributed by atoms with van der Waals surface area (Å²) in [7, 11) is 0. The number of rotatable bonds is 10. The second-order valence-electron chi connectivity index (χ2n) is 7.88. The zero-order chi connectivity index (χ0) is 23.2. The summed E-state index contributed by atoms with van der Waals surface area (Å²) in [5.74, 6) is 1.63. The molecule has 0 fully saturated rings. The molecule has 7 heteroatoms. The minimum atomic E-state index is 0.541. The van der Waals surface area contributed by atoms with Gasteiger partial charge in [-0.15, -0.1) is 23.1 Å². The van der Waals surface area contributed by atoms with Gasteiger partial charge < -0.3 is 15.2 Å². The number of hydrogen-bond donors (Lipinski definition) is 1. The van der Waals surface area contributed by atoms with Crippen LogP contribution in [0.4, 0.5) is 5.69 Å². The van der Waals surface area contributed by atoms with Crippen molar-refractivity contribution in [3.8, 4) is 0 Å². The molecule has 2 aromatic carbocycles. The van der Waals surface area contributed by atoms with Crippen LogP contribution in [0.25, 0.3) is 11.0 Å². The van der Waals surface area contributed by atoms with Gasteiger partial charge in [-0.2, -0.15) is 0 Å². The lowest BCUT2D eigenvalue weighted by Gasteiger charge is -2.19. The van der Waals surface area contributed by atoms with Crippen molar-refractivity contribution >= 4 is 45.7 Å². The number of benzene rings is 2. The summed E-state index contributed by atoms with van der Waals surface area (Å²) in [5.41, 5.74) is 10.4. The summed E-state index contributed by atoms with van der Waals surface area (Å²) >= 11 is 3.36. The molecule has 0 amide bonds. The zero-order valence-electron chi connectivity index (χ0n) is 19.5. The predicted molar refractivity (Wildman–Crippen MR) is 143 cm³/mol. The number of likely N-dealkylation sites (N-methyl/N-ethyl adjacent to an activating group) is 1. The number of nitrogens with zero attached hydrogens (tertiary/aromatic N) is 4. The maximum absolute atomic E-state index is 6.22. The fourth-order valence-corrected chi connectivity index (χ4v) is 4.98. The lowest BCUT2D eigenvalue weighted by molar-refractivity contribution is 0.291. The van der Waals surface area contributed by atoms with Crippen molar-refractivity contribution in [3.63, 3.8) is 0 Å². The Hall–Kier alpha value is -2.61. The molecule has 2 heterocycles. The summed E-state index contributed by atoms with van der Waals surface area (Å²) in [6.45, 7) is 8.45. The van der Waals surface area contributed by atoms with Gasteiger partial charge in [0.2, 0.25) is 0 Å². The number of fused-ring (bicyclic) bond motifs is 1. The van der Waals surface area contributed by atoms with Gasteiger partial charge in [-0.3, -0.25) is 0 Å². The number of hydrogen-bond acceptors (Lipinski definition) is 5. The Balaban J connectivity index is 1.68. The molecule has 5 nitrogen and oxygen atoms in total. The van der Waals surface area contributed by atoms with Crippen LogP contribution >= 0.6 is 23.1 Å². The predicted octanol–water partition coefficient (Wildman–Crippen LogP) is 5.79. The first-order valence-corrected chi connectivity index (χ1v) is 13.4. The van der Waals surface area contributed by atoms with Crippen molar-refractivity contribution in [2.24, 2.45) is 10.7 Å². The third kappa shape index (κ3) is 5.66. The summed E-state index contributed by atoms with van der Waals surface area (Å²) in [4.78, 5) is 14.4. The lowest BCUT2D eigenvalue weighted by Crippen LogP contribution is -2.27. The highest BCUT2D eigenvalue weighted by Crippen LogP contribution is 2.25. The van der Waals surface area contributed by atoms with Crippen LogP contribution in [0.2, 0.25) is 0 Å². The number of thiophene rings is 1. The summed E-state index contributed by atoms with van der Waals surface area (Å²) in [5, 5.41) is 2.01. The van der Waals surface area contributed by atoms with E-state index in [1.165, 1.54) is 10.5 Å². The first-order valence-electron chi connectivity index (χ1n) is 11.3. The molecule has 0 aliphatic carbocycles. The minimum absolute atomic E-state index is 0.541. The van der Waals surface area contributed by atoms with Gasteiger partial charge in [-0.1, -0.05) is 32.0 Å². The number of imidazole rings is 1. The Bertz CT molecular complexity index is 1210. The van der Waals surface area contributed by atoms with Crippen LogP contribution in [0.1, 0.15) is 30.1 Å². The van der Waals surface area contributed by atoms with Gasteiger partial charge >= 0.3 is 0 Å². The number of aromatic nitrogens is 2. The van der Waals surface area contributed by atoms with Crippen molar-refractivity contribution in [2.75, 3.05) is 25.9 Å². The van der Waals surface area contributed by atoms with E-state index in [1.54, 1.807) is 23.1 Å². The highest BCUT2D eigenvalue weighted by atomic mass is 32.2. The van der Waals surface area contributed by atoms with E-state index in [2.05, 4.69) is 64.9 Å². The van der Waals surface area contributed by atoms with Crippen LogP contribution in [0.3, 0.4) is 0 Å². The average Bonchev–Trinajstić information content (AvgIpc) is 3.49. The molecule has 172 valence electrons. The number of amidine groups is 1. The third-order valence-electron chi connectivity index (χ3n) is 5.89. The fraction of sp³-hybridized carbons (Fsp3) is 0.308. The molecule has 0 saturated carbocycles. The molecule has 0 aliphatic heterocycles. The molecule has 2 N–H and O–H groups in total. The van der Waals surface area contributed by atoms with E-state index >= 15 is 0 Å². The molecule has 0 unspecified atom stereocenters. The van der Waals surface area contributed by atoms with E-state index in [0.717, 1.165) is 60.0 Å². The van der Waals surface area contributed by atoms with Crippen LogP contribution in [0, 0.1) is 0 Å². The Morgan fingerprint density at radius 2 is 1.91 bits per heavy atom. The van der Waals surface area contributed by atoms with E-state index < -0.39 is 0 Å². The normalized spacial score (nSPS) is 12.2. The van der Waals surface area contributed by atoms with Gasteiger partial charge in [-0.05, 0) is 66.7 Å². The summed E-state index contributed by atoms with van der Waals surface area (Å²) in [6, 6.07) is 19.0. The molecule has 0 saturated heterocycles. The second-order valence-corrected chi connectivity index (χ2v) is 9.71. The van der Waals surface area contributed by atoms with E-state index in [9.17, 15) is 0 Å². The average molecular weight is 478 g/mol. The van der Waals surface area contributed by atoms with Gasteiger partial charge in [-0.25, -0.2) is 9.98 Å². The summed E-state index contributed by atoms with van der Waals surface area (Å²) < 4.78 is 2.37. The lowest BCUT2D eigenvalue weighted by atomic mass is 10.1. The maximum Gasteiger partial charge on any atom is 0.141 e. The van der Waals surface area contributed by atoms with Crippen LogP contribution in [-0.2, 0) is 13.0 Å². The second kappa shape index (κ2) is 11.0. The molecule has 0 aliphatic rings. The van der Waals surface area contributed by atoms with Crippen LogP contribution in [0.5, 0.6) is 0 Å². The highest BCUT2D eigenvalue weighted by Gasteiger charge is 2.13. The molecular formula is C26H31N5S2. The van der Waals surface area contributed by atoms with Crippen LogP contribution in [-0.4, -0.2) is 46.2 Å². The van der Waals surface area contributed by atoms with Gasteiger partial charge in [0.15, 0.2) is 0 Å². The molecule has 0 spiro atoms. The molecule has 0 bridgehead atoms. The van der Waals surface area contributed by atoms with Gasteiger partial charge in [0, 0.05) is 24.4 Å². The molecule has 4 rings (SSSR count). The van der Waals surface area contributed by atoms with Crippen LogP contribution in [0.15, 0.2) is 69.9 Å². The topological polar surface area (TPSA) is 59.4 Å². The Kier molecular flexibility index (Phi) is 7.85. The smallest absolute Gasteiger partial charge is 0.141 e. The van der Waals surface area contributed by atoms with Crippen molar-refractivity contribution < 1.29 is 0 Å². The van der Waals surface area contributed by atoms with Crippen molar-refractivity contribution in [1.82, 2.24) is 14.5 Å². The van der Waals surface area contributed by atoms with Crippen molar-refractivity contribution in [3.05, 3.63) is 76.2 Å². The largest absolute Gasteiger partial charge is 0.383 e. The molecule has 0 atom stereocenters. The first-order chi connectivity index (χ1) is 16.1. The standard InChI is InChI=1S/C26H31N5S2/c1-4-30(5-2)14-15-31-23-13-10-20(28-26(27)24-7-6-16-33-24)18-22(23)29-25(31)17-19-8-11-21(32-3)12-9-19/h6-13,16,18H,4-5,14-15,17H2,1-3H3,(H2,27,28). The van der Waals surface area contributed by atoms with Gasteiger partial charge in [0.1, 0.15) is 11.7 Å². The third-order valence-corrected chi connectivity index (χ3v) is 7.53. The Morgan fingerprint density at radius 1 is 1.12 bits per heavy atom. The number of aliphatic imine (C=N–C) groups is 1. The molecule has 4 aromatic rings. The van der Waals surface area contributed by atoms with E-state index in [0.29, 0.717) is 5.84 Å². The molecular weight excluding hydrogens is 446 g/mol. The highest BCUT2D eigenvalue weighted by molar-refractivity contribution is 7.98.